The van der Waals surface area contributed by atoms with E-state index in [1.54, 1.807) is 0 Å². The van der Waals surface area contributed by atoms with E-state index in [4.69, 9.17) is 4.42 Å². The zero-order valence-corrected chi connectivity index (χ0v) is 11.7. The van der Waals surface area contributed by atoms with Crippen LogP contribution in [-0.4, -0.2) is 5.11 Å². The van der Waals surface area contributed by atoms with Gasteiger partial charge in [0.1, 0.15) is 17.1 Å². The van der Waals surface area contributed by atoms with Gasteiger partial charge in [0.25, 0.3) is 0 Å². The Balaban J connectivity index is 2.40. The largest absolute Gasteiger partial charge is 0.506 e. The maximum Gasteiger partial charge on any atom is 0.144 e. The third-order valence-electron chi connectivity index (χ3n) is 3.11. The van der Waals surface area contributed by atoms with Gasteiger partial charge in [0.15, 0.2) is 0 Å². The van der Waals surface area contributed by atoms with Gasteiger partial charge < -0.3 is 9.52 Å². The van der Waals surface area contributed by atoms with Crippen LogP contribution in [0, 0.1) is 0 Å². The second-order valence-corrected chi connectivity index (χ2v) is 5.75. The summed E-state index contributed by atoms with van der Waals surface area (Å²) in [6.45, 7) is 0. The molecular weight excluding hydrogens is 336 g/mol. The topological polar surface area (TPSA) is 33.4 Å². The standard InChI is InChI=1S/C12H10Br2O2/c13-7-5-9-10(11(14)12(7)15)6-3-1-2-4-8(6)16-9/h5,15H,1-4H2. The fraction of sp³-hybridized carbons (Fsp3) is 0.333. The maximum atomic E-state index is 9.89. The lowest BCUT2D eigenvalue weighted by Crippen LogP contribution is -1.98. The first-order valence-corrected chi connectivity index (χ1v) is 6.88. The quantitative estimate of drug-likeness (QED) is 0.760. The van der Waals surface area contributed by atoms with Crippen molar-refractivity contribution in [2.45, 2.75) is 25.7 Å². The molecule has 2 nitrogen and oxygen atoms in total. The van der Waals surface area contributed by atoms with Crippen molar-refractivity contribution in [1.29, 1.82) is 0 Å². The van der Waals surface area contributed by atoms with Crippen LogP contribution in [0.1, 0.15) is 24.2 Å². The van der Waals surface area contributed by atoms with E-state index in [1.165, 1.54) is 18.4 Å². The highest BCUT2D eigenvalue weighted by molar-refractivity contribution is 9.11. The SMILES string of the molecule is Oc1c(Br)cc2oc3c(c2c1Br)CCCC3. The van der Waals surface area contributed by atoms with Crippen LogP contribution in [0.3, 0.4) is 0 Å². The summed E-state index contributed by atoms with van der Waals surface area (Å²) >= 11 is 6.77. The summed E-state index contributed by atoms with van der Waals surface area (Å²) in [7, 11) is 0. The van der Waals surface area contributed by atoms with E-state index < -0.39 is 0 Å². The van der Waals surface area contributed by atoms with Crippen molar-refractivity contribution in [2.24, 2.45) is 0 Å². The number of aryl methyl sites for hydroxylation is 2. The number of fused-ring (bicyclic) bond motifs is 3. The molecule has 1 heterocycles. The van der Waals surface area contributed by atoms with Crippen molar-refractivity contribution in [1.82, 2.24) is 0 Å². The minimum absolute atomic E-state index is 0.252. The lowest BCUT2D eigenvalue weighted by Gasteiger charge is -2.09. The van der Waals surface area contributed by atoms with Gasteiger partial charge in [-0.25, -0.2) is 0 Å². The van der Waals surface area contributed by atoms with Gasteiger partial charge in [-0.05, 0) is 57.2 Å². The first-order valence-electron chi connectivity index (χ1n) is 5.29. The monoisotopic (exact) mass is 344 g/mol. The fourth-order valence-electron chi connectivity index (χ4n) is 2.34. The number of rotatable bonds is 0. The Hall–Kier alpha value is -0.480. The van der Waals surface area contributed by atoms with Crippen molar-refractivity contribution in [3.63, 3.8) is 0 Å². The van der Waals surface area contributed by atoms with Gasteiger partial charge in [0.05, 0.1) is 8.95 Å². The number of hydrogen-bond donors (Lipinski definition) is 1. The van der Waals surface area contributed by atoms with Crippen LogP contribution < -0.4 is 0 Å². The molecule has 1 aromatic heterocycles. The van der Waals surface area contributed by atoms with Crippen LogP contribution in [0.25, 0.3) is 11.0 Å². The molecule has 0 spiro atoms. The van der Waals surface area contributed by atoms with E-state index in [1.807, 2.05) is 6.07 Å². The molecule has 84 valence electrons. The van der Waals surface area contributed by atoms with Gasteiger partial charge in [-0.15, -0.1) is 0 Å². The van der Waals surface area contributed by atoms with Gasteiger partial charge in [0, 0.05) is 17.4 Å². The van der Waals surface area contributed by atoms with Crippen LogP contribution in [0.2, 0.25) is 0 Å². The molecule has 1 aromatic carbocycles. The van der Waals surface area contributed by atoms with Crippen LogP contribution >= 0.6 is 31.9 Å². The highest BCUT2D eigenvalue weighted by Gasteiger charge is 2.22. The van der Waals surface area contributed by atoms with Crippen molar-refractivity contribution in [3.05, 3.63) is 26.3 Å². The number of phenolic OH excluding ortho intramolecular Hbond substituents is 1. The molecule has 3 rings (SSSR count). The van der Waals surface area contributed by atoms with Crippen LogP contribution in [0.5, 0.6) is 5.75 Å². The lowest BCUT2D eigenvalue weighted by molar-refractivity contribution is 0.469. The average Bonchev–Trinajstić information content (AvgIpc) is 2.64. The lowest BCUT2D eigenvalue weighted by atomic mass is 9.96. The number of furan rings is 1. The molecule has 0 bridgehead atoms. The fourth-order valence-corrected chi connectivity index (χ4v) is 3.66. The van der Waals surface area contributed by atoms with Crippen LogP contribution in [0.15, 0.2) is 19.4 Å². The summed E-state index contributed by atoms with van der Waals surface area (Å²) in [5.74, 6) is 1.33. The van der Waals surface area contributed by atoms with Crippen molar-refractivity contribution < 1.29 is 9.52 Å². The molecule has 1 aliphatic carbocycles. The predicted octanol–water partition coefficient (Wildman–Crippen LogP) is 4.54. The Morgan fingerprint density at radius 3 is 2.75 bits per heavy atom. The second kappa shape index (κ2) is 3.77. The summed E-state index contributed by atoms with van der Waals surface area (Å²) in [5.41, 5.74) is 2.11. The van der Waals surface area contributed by atoms with E-state index >= 15 is 0 Å². The molecule has 1 aliphatic rings. The molecule has 0 fully saturated rings. The zero-order chi connectivity index (χ0) is 11.3. The third kappa shape index (κ3) is 1.43. The maximum absolute atomic E-state index is 9.89. The Morgan fingerprint density at radius 1 is 1.19 bits per heavy atom. The molecule has 0 radical (unpaired) electrons. The molecule has 0 unspecified atom stereocenters. The minimum atomic E-state index is 0.252. The Bertz CT molecular complexity index is 572. The summed E-state index contributed by atoms with van der Waals surface area (Å²) in [5, 5.41) is 10.9. The molecule has 16 heavy (non-hydrogen) atoms. The Labute approximate surface area is 110 Å². The van der Waals surface area contributed by atoms with Crippen LogP contribution in [-0.2, 0) is 12.8 Å². The molecule has 0 atom stereocenters. The summed E-state index contributed by atoms with van der Waals surface area (Å²) in [6.07, 6.45) is 4.44. The number of halogens is 2. The average molecular weight is 346 g/mol. The first kappa shape index (κ1) is 10.7. The van der Waals surface area contributed by atoms with E-state index in [9.17, 15) is 5.11 Å². The number of aromatic hydroxyl groups is 1. The Kier molecular flexibility index (Phi) is 2.51. The highest BCUT2D eigenvalue weighted by Crippen LogP contribution is 2.43. The number of hydrogen-bond acceptors (Lipinski definition) is 2. The van der Waals surface area contributed by atoms with Crippen molar-refractivity contribution in [2.75, 3.05) is 0 Å². The molecule has 2 aromatic rings. The van der Waals surface area contributed by atoms with Gasteiger partial charge >= 0.3 is 0 Å². The van der Waals surface area contributed by atoms with Gasteiger partial charge in [-0.3, -0.25) is 0 Å². The second-order valence-electron chi connectivity index (χ2n) is 4.11. The molecule has 0 aliphatic heterocycles. The molecule has 4 heteroatoms. The molecular formula is C12H10Br2O2. The summed E-state index contributed by atoms with van der Waals surface area (Å²) < 4.78 is 7.24. The summed E-state index contributed by atoms with van der Waals surface area (Å²) in [4.78, 5) is 0. The van der Waals surface area contributed by atoms with Gasteiger partial charge in [-0.1, -0.05) is 0 Å². The number of phenols is 1. The van der Waals surface area contributed by atoms with Gasteiger partial charge in [-0.2, -0.15) is 0 Å². The normalized spacial score (nSPS) is 15.4. The van der Waals surface area contributed by atoms with Gasteiger partial charge in [0.2, 0.25) is 0 Å². The van der Waals surface area contributed by atoms with Crippen LogP contribution in [0.4, 0.5) is 0 Å². The highest BCUT2D eigenvalue weighted by atomic mass is 79.9. The van der Waals surface area contributed by atoms with Crippen molar-refractivity contribution in [3.8, 4) is 5.75 Å². The molecule has 0 amide bonds. The smallest absolute Gasteiger partial charge is 0.144 e. The third-order valence-corrected chi connectivity index (χ3v) is 4.49. The summed E-state index contributed by atoms with van der Waals surface area (Å²) in [6, 6.07) is 1.84. The first-order chi connectivity index (χ1) is 7.68. The molecule has 1 N–H and O–H groups in total. The van der Waals surface area contributed by atoms with E-state index in [0.717, 1.165) is 34.0 Å². The number of benzene rings is 1. The Morgan fingerprint density at radius 2 is 1.94 bits per heavy atom. The molecule has 0 saturated carbocycles. The van der Waals surface area contributed by atoms with E-state index in [0.29, 0.717) is 4.47 Å². The van der Waals surface area contributed by atoms with E-state index in [-0.39, 0.29) is 5.75 Å². The van der Waals surface area contributed by atoms with Crippen molar-refractivity contribution >= 4 is 42.8 Å². The minimum Gasteiger partial charge on any atom is -0.506 e. The predicted molar refractivity (Wildman–Crippen MR) is 69.9 cm³/mol. The zero-order valence-electron chi connectivity index (χ0n) is 8.52. The van der Waals surface area contributed by atoms with E-state index in [2.05, 4.69) is 31.9 Å². The molecule has 0 saturated heterocycles.